The van der Waals surface area contributed by atoms with Gasteiger partial charge in [0.25, 0.3) is 0 Å². The summed E-state index contributed by atoms with van der Waals surface area (Å²) in [5.41, 5.74) is 12.4. The fraction of sp³-hybridized carbons (Fsp3) is 0.500. The minimum atomic E-state index is -3.29. The monoisotopic (exact) mass is 542 g/mol. The van der Waals surface area contributed by atoms with Gasteiger partial charge in [-0.25, -0.2) is 13.2 Å². The topological polar surface area (TPSA) is 232 Å². The van der Waals surface area contributed by atoms with Gasteiger partial charge in [0.15, 0.2) is 15.8 Å². The highest BCUT2D eigenvalue weighted by atomic mass is 32.2. The van der Waals surface area contributed by atoms with Gasteiger partial charge >= 0.3 is 12.1 Å². The van der Waals surface area contributed by atoms with Crippen LogP contribution in [0.2, 0.25) is 0 Å². The van der Waals surface area contributed by atoms with Gasteiger partial charge in [-0.15, -0.1) is 0 Å². The van der Waals surface area contributed by atoms with E-state index in [1.807, 2.05) is 18.2 Å². The van der Waals surface area contributed by atoms with Crippen LogP contribution in [0, 0.1) is 0 Å². The molecule has 1 rings (SSSR count). The van der Waals surface area contributed by atoms with Crippen LogP contribution in [0.5, 0.6) is 0 Å². The summed E-state index contributed by atoms with van der Waals surface area (Å²) in [6.45, 7) is 0.973. The van der Waals surface area contributed by atoms with Gasteiger partial charge < -0.3 is 31.9 Å². The molecule has 37 heavy (non-hydrogen) atoms. The maximum atomic E-state index is 12.6. The lowest BCUT2D eigenvalue weighted by molar-refractivity contribution is -0.141. The minimum Gasteiger partial charge on any atom is -0.480 e. The molecule has 0 aliphatic heterocycles. The second-order valence-electron chi connectivity index (χ2n) is 8.23. The number of carbonyl (C=O) groups excluding carboxylic acids is 3. The molecule has 14 nitrogen and oxygen atoms in total. The number of alkyl carbamates (subject to hydrolysis) is 1. The van der Waals surface area contributed by atoms with Crippen molar-refractivity contribution < 1.29 is 37.4 Å². The Hall–Kier alpha value is -3.72. The fourth-order valence-electron chi connectivity index (χ4n) is 2.84. The Bertz CT molecular complexity index is 1060. The van der Waals surface area contributed by atoms with Gasteiger partial charge in [0, 0.05) is 12.8 Å². The summed E-state index contributed by atoms with van der Waals surface area (Å²) in [5.74, 6) is -3.18. The van der Waals surface area contributed by atoms with E-state index in [-0.39, 0.29) is 44.1 Å². The van der Waals surface area contributed by atoms with Crippen molar-refractivity contribution in [3.63, 3.8) is 0 Å². The molecule has 0 radical (unpaired) electrons. The van der Waals surface area contributed by atoms with E-state index < -0.39 is 51.8 Å². The standard InChI is InChI=1S/C22H34N6O8S/c1-14(20(31)32)26-19(30)17(27-18(29)16(23)13-15-7-4-3-5-8-15)9-6-10-25-21(24)28-22(33)36-11-12-37(2,34)35/h3-5,7-8,14,16-17H,6,9-13,23H2,1-2H3,(H,26,30)(H,27,29)(H,31,32)(H3,24,25,28,33)/t14-,16-,17-/m0/s1. The number of benzene rings is 1. The van der Waals surface area contributed by atoms with Crippen LogP contribution in [0.4, 0.5) is 4.79 Å². The third-order valence-corrected chi connectivity index (χ3v) is 5.76. The number of ether oxygens (including phenoxy) is 1. The Kier molecular flexibility index (Phi) is 13.0. The molecular weight excluding hydrogens is 508 g/mol. The van der Waals surface area contributed by atoms with E-state index in [0.29, 0.717) is 0 Å². The second-order valence-corrected chi connectivity index (χ2v) is 10.5. The van der Waals surface area contributed by atoms with Crippen LogP contribution in [-0.4, -0.2) is 86.6 Å². The van der Waals surface area contributed by atoms with Crippen molar-refractivity contribution in [3.8, 4) is 0 Å². The van der Waals surface area contributed by atoms with Crippen LogP contribution < -0.4 is 27.4 Å². The van der Waals surface area contributed by atoms with Crippen LogP contribution in [0.15, 0.2) is 35.3 Å². The molecule has 0 aliphatic carbocycles. The number of nitrogens with zero attached hydrogens (tertiary/aromatic N) is 1. The molecule has 3 amide bonds. The first-order valence-electron chi connectivity index (χ1n) is 11.3. The number of hydrogen-bond donors (Lipinski definition) is 6. The molecule has 0 aromatic heterocycles. The molecule has 1 aromatic carbocycles. The smallest absolute Gasteiger partial charge is 0.413 e. The number of nitrogens with one attached hydrogen (secondary N) is 3. The van der Waals surface area contributed by atoms with Crippen LogP contribution in [-0.2, 0) is 35.4 Å². The molecule has 15 heteroatoms. The third kappa shape index (κ3) is 13.8. The predicted octanol–water partition coefficient (Wildman–Crippen LogP) is -1.50. The maximum Gasteiger partial charge on any atom is 0.413 e. The van der Waals surface area contributed by atoms with Crippen LogP contribution in [0.1, 0.15) is 25.3 Å². The summed E-state index contributed by atoms with van der Waals surface area (Å²) >= 11 is 0. The molecule has 206 valence electrons. The highest BCUT2D eigenvalue weighted by Gasteiger charge is 2.26. The average molecular weight is 543 g/mol. The van der Waals surface area contributed by atoms with Gasteiger partial charge in [-0.05, 0) is 31.7 Å². The second kappa shape index (κ2) is 15.4. The van der Waals surface area contributed by atoms with Crippen molar-refractivity contribution in [2.75, 3.05) is 25.2 Å². The minimum absolute atomic E-state index is 0.0413. The van der Waals surface area contributed by atoms with Gasteiger partial charge in [0.1, 0.15) is 18.7 Å². The summed E-state index contributed by atoms with van der Waals surface area (Å²) in [6, 6.07) is 5.83. The Morgan fingerprint density at radius 2 is 1.76 bits per heavy atom. The van der Waals surface area contributed by atoms with Crippen molar-refractivity contribution in [1.29, 1.82) is 0 Å². The molecular formula is C22H34N6O8S. The van der Waals surface area contributed by atoms with Crippen LogP contribution in [0.3, 0.4) is 0 Å². The number of carboxylic acids is 1. The van der Waals surface area contributed by atoms with Gasteiger partial charge in [-0.3, -0.25) is 24.7 Å². The third-order valence-electron chi connectivity index (χ3n) is 4.85. The molecule has 0 heterocycles. The molecule has 0 bridgehead atoms. The molecule has 0 aliphatic rings. The van der Waals surface area contributed by atoms with Gasteiger partial charge in [0.2, 0.25) is 11.8 Å². The fourth-order valence-corrected chi connectivity index (χ4v) is 3.23. The zero-order valence-electron chi connectivity index (χ0n) is 20.7. The van der Waals surface area contributed by atoms with E-state index in [0.717, 1.165) is 11.8 Å². The number of guanidine groups is 1. The van der Waals surface area contributed by atoms with Crippen LogP contribution in [0.25, 0.3) is 0 Å². The first-order valence-corrected chi connectivity index (χ1v) is 13.4. The van der Waals surface area contributed by atoms with Gasteiger partial charge in [0.05, 0.1) is 11.8 Å². The van der Waals surface area contributed by atoms with Gasteiger partial charge in [-0.2, -0.15) is 0 Å². The van der Waals surface area contributed by atoms with E-state index in [4.69, 9.17) is 16.6 Å². The number of hydrogen-bond acceptors (Lipinski definition) is 9. The largest absolute Gasteiger partial charge is 0.480 e. The average Bonchev–Trinajstić information content (AvgIpc) is 2.80. The molecule has 0 saturated heterocycles. The molecule has 8 N–H and O–H groups in total. The lowest BCUT2D eigenvalue weighted by Crippen LogP contribution is -2.54. The summed E-state index contributed by atoms with van der Waals surface area (Å²) in [5, 5.41) is 16.0. The van der Waals surface area contributed by atoms with Crippen molar-refractivity contribution in [2.45, 2.75) is 44.3 Å². The van der Waals surface area contributed by atoms with E-state index in [9.17, 15) is 27.6 Å². The summed E-state index contributed by atoms with van der Waals surface area (Å²) in [7, 11) is -3.29. The number of rotatable bonds is 14. The lowest BCUT2D eigenvalue weighted by Gasteiger charge is -2.21. The van der Waals surface area contributed by atoms with Gasteiger partial charge in [-0.1, -0.05) is 30.3 Å². The summed E-state index contributed by atoms with van der Waals surface area (Å²) in [6.07, 6.45) is 0.541. The number of carboxylic acid groups (broad SMARTS) is 1. The van der Waals surface area contributed by atoms with E-state index in [1.54, 1.807) is 12.1 Å². The zero-order chi connectivity index (χ0) is 28.0. The maximum absolute atomic E-state index is 12.6. The number of aliphatic carboxylic acids is 1. The molecule has 0 spiro atoms. The Morgan fingerprint density at radius 3 is 2.35 bits per heavy atom. The molecule has 0 unspecified atom stereocenters. The zero-order valence-corrected chi connectivity index (χ0v) is 21.5. The number of aliphatic imine (C=N–C) groups is 1. The highest BCUT2D eigenvalue weighted by molar-refractivity contribution is 7.90. The van der Waals surface area contributed by atoms with Crippen molar-refractivity contribution >= 4 is 39.7 Å². The lowest BCUT2D eigenvalue weighted by atomic mass is 10.0. The quantitative estimate of drug-likeness (QED) is 0.0904. The number of amides is 3. The number of sulfone groups is 1. The van der Waals surface area contributed by atoms with Crippen LogP contribution >= 0.6 is 0 Å². The van der Waals surface area contributed by atoms with Crippen molar-refractivity contribution in [2.24, 2.45) is 16.5 Å². The Morgan fingerprint density at radius 1 is 1.11 bits per heavy atom. The predicted molar refractivity (Wildman–Crippen MR) is 135 cm³/mol. The first kappa shape index (κ1) is 31.3. The number of nitrogens with two attached hydrogens (primary N) is 2. The molecule has 0 fully saturated rings. The highest BCUT2D eigenvalue weighted by Crippen LogP contribution is 2.04. The normalized spacial score (nSPS) is 14.1. The number of carbonyl (C=O) groups is 4. The Labute approximate surface area is 215 Å². The Balaban J connectivity index is 2.67. The van der Waals surface area contributed by atoms with Crippen molar-refractivity contribution in [3.05, 3.63) is 35.9 Å². The molecule has 0 saturated carbocycles. The SMILES string of the molecule is C[C@H](NC(=O)[C@H](CCCN=C(N)NC(=O)OCCS(C)(=O)=O)NC(=O)[C@@H](N)Cc1ccccc1)C(=O)O. The van der Waals surface area contributed by atoms with E-state index >= 15 is 0 Å². The van der Waals surface area contributed by atoms with Crippen molar-refractivity contribution in [1.82, 2.24) is 16.0 Å². The summed E-state index contributed by atoms with van der Waals surface area (Å²) in [4.78, 5) is 51.8. The molecule has 1 aromatic rings. The van der Waals surface area contributed by atoms with E-state index in [2.05, 4.69) is 25.7 Å². The first-order chi connectivity index (χ1) is 17.3. The van der Waals surface area contributed by atoms with E-state index in [1.165, 1.54) is 6.92 Å². The molecule has 3 atom stereocenters. The summed E-state index contributed by atoms with van der Waals surface area (Å²) < 4.78 is 26.8.